The second-order valence-corrected chi connectivity index (χ2v) is 8.17. The molecule has 0 saturated heterocycles. The van der Waals surface area contributed by atoms with E-state index < -0.39 is 0 Å². The molecule has 1 nitrogen and oxygen atoms in total. The Morgan fingerprint density at radius 3 is 1.03 bits per heavy atom. The number of rotatable bonds is 2. The van der Waals surface area contributed by atoms with E-state index in [-0.39, 0.29) is 5.78 Å². The summed E-state index contributed by atoms with van der Waals surface area (Å²) < 4.78 is 0. The van der Waals surface area contributed by atoms with Crippen molar-refractivity contribution in [1.29, 1.82) is 0 Å². The second kappa shape index (κ2) is 16.9. The second-order valence-electron chi connectivity index (χ2n) is 6.53. The van der Waals surface area contributed by atoms with Crippen molar-refractivity contribution in [2.75, 3.05) is 25.0 Å². The third-order valence-corrected chi connectivity index (χ3v) is 3.57. The first-order chi connectivity index (χ1) is 13.9. The molecular weight excluding hydrogens is 392 g/mol. The lowest BCUT2D eigenvalue weighted by Crippen LogP contribution is -2.00. The van der Waals surface area contributed by atoms with Crippen LogP contribution in [0.15, 0.2) is 78.9 Å². The molecule has 3 aromatic rings. The summed E-state index contributed by atoms with van der Waals surface area (Å²) in [6.45, 7) is 6.11. The van der Waals surface area contributed by atoms with Crippen molar-refractivity contribution < 1.29 is 4.79 Å². The van der Waals surface area contributed by atoms with E-state index in [0.29, 0.717) is 0 Å². The lowest BCUT2D eigenvalue weighted by molar-refractivity contribution is 0.103. The van der Waals surface area contributed by atoms with Crippen LogP contribution in [0.3, 0.4) is 0 Å². The minimum atomic E-state index is 0.0833. The van der Waals surface area contributed by atoms with Gasteiger partial charge in [0.1, 0.15) is 0 Å². The van der Waals surface area contributed by atoms with E-state index >= 15 is 0 Å². The van der Waals surface area contributed by atoms with Crippen molar-refractivity contribution in [3.8, 4) is 0 Å². The molecule has 0 bridgehead atoms. The van der Waals surface area contributed by atoms with Gasteiger partial charge in [0.25, 0.3) is 0 Å². The molecule has 0 amide bonds. The highest BCUT2D eigenvalue weighted by Gasteiger charge is 2.07. The van der Waals surface area contributed by atoms with Crippen molar-refractivity contribution in [1.82, 2.24) is 0 Å². The van der Waals surface area contributed by atoms with Crippen LogP contribution in [0.1, 0.15) is 32.6 Å². The Balaban J connectivity index is 0.000000498. The Hall–Kier alpha value is -1.97. The SMILES string of the molecule is CSC.CSC.Cc1ccc(C(=O)c2ccc(C)cc2)cc1.Cc1ccccc1. The predicted octanol–water partition coefficient (Wildman–Crippen LogP) is 7.49. The summed E-state index contributed by atoms with van der Waals surface area (Å²) in [4.78, 5) is 12.1. The van der Waals surface area contributed by atoms with Gasteiger partial charge in [-0.3, -0.25) is 4.79 Å². The molecule has 0 aliphatic carbocycles. The van der Waals surface area contributed by atoms with Crippen LogP contribution in [-0.4, -0.2) is 30.8 Å². The van der Waals surface area contributed by atoms with Gasteiger partial charge in [-0.15, -0.1) is 0 Å². The Labute approximate surface area is 186 Å². The van der Waals surface area contributed by atoms with Gasteiger partial charge in [-0.05, 0) is 45.8 Å². The Morgan fingerprint density at radius 1 is 0.517 bits per heavy atom. The van der Waals surface area contributed by atoms with Gasteiger partial charge in [-0.1, -0.05) is 95.6 Å². The molecule has 0 heterocycles. The van der Waals surface area contributed by atoms with Crippen molar-refractivity contribution in [3.63, 3.8) is 0 Å². The van der Waals surface area contributed by atoms with Crippen LogP contribution < -0.4 is 0 Å². The van der Waals surface area contributed by atoms with Crippen LogP contribution in [0.4, 0.5) is 0 Å². The van der Waals surface area contributed by atoms with E-state index in [1.807, 2.05) is 106 Å². The van der Waals surface area contributed by atoms with Gasteiger partial charge in [0.15, 0.2) is 5.78 Å². The van der Waals surface area contributed by atoms with E-state index in [9.17, 15) is 4.79 Å². The van der Waals surface area contributed by atoms with Gasteiger partial charge in [-0.2, -0.15) is 23.5 Å². The summed E-state index contributed by atoms with van der Waals surface area (Å²) in [6, 6.07) is 25.6. The van der Waals surface area contributed by atoms with Crippen LogP contribution in [0.5, 0.6) is 0 Å². The predicted molar refractivity (Wildman–Crippen MR) is 136 cm³/mol. The van der Waals surface area contributed by atoms with Crippen molar-refractivity contribution >= 4 is 29.3 Å². The summed E-state index contributed by atoms with van der Waals surface area (Å²) in [5.41, 5.74) is 5.15. The number of hydrogen-bond acceptors (Lipinski definition) is 3. The number of carbonyl (C=O) groups is 1. The lowest BCUT2D eigenvalue weighted by Gasteiger charge is -2.02. The fourth-order valence-electron chi connectivity index (χ4n) is 2.11. The molecule has 0 spiro atoms. The highest BCUT2D eigenvalue weighted by atomic mass is 32.2. The molecule has 0 unspecified atom stereocenters. The molecular formula is C26H34OS2. The monoisotopic (exact) mass is 426 g/mol. The van der Waals surface area contributed by atoms with Crippen molar-refractivity contribution in [2.45, 2.75) is 20.8 Å². The highest BCUT2D eigenvalue weighted by molar-refractivity contribution is 7.98. The first-order valence-electron chi connectivity index (χ1n) is 9.39. The van der Waals surface area contributed by atoms with Gasteiger partial charge in [0, 0.05) is 11.1 Å². The standard InChI is InChI=1S/C15H14O.C7H8.2C2H6S/c1-11-3-7-13(8-4-11)15(16)14-9-5-12(2)6-10-14;1-7-5-3-2-4-6-7;2*1-3-2/h3-10H,1-2H3;2-6H,1H3;2*1-2H3. The molecule has 0 aromatic heterocycles. The number of thioether (sulfide) groups is 2. The van der Waals surface area contributed by atoms with E-state index in [1.165, 1.54) is 16.7 Å². The molecule has 0 atom stereocenters. The molecule has 156 valence electrons. The molecule has 3 heteroatoms. The van der Waals surface area contributed by atoms with E-state index in [1.54, 1.807) is 23.5 Å². The molecule has 0 N–H and O–H groups in total. The van der Waals surface area contributed by atoms with E-state index in [0.717, 1.165) is 11.1 Å². The van der Waals surface area contributed by atoms with Gasteiger partial charge in [-0.25, -0.2) is 0 Å². The molecule has 3 aromatic carbocycles. The largest absolute Gasteiger partial charge is 0.289 e. The summed E-state index contributed by atoms with van der Waals surface area (Å²) >= 11 is 3.50. The Morgan fingerprint density at radius 2 is 0.793 bits per heavy atom. The van der Waals surface area contributed by atoms with Gasteiger partial charge in [0.05, 0.1) is 0 Å². The zero-order valence-corrected chi connectivity index (χ0v) is 20.4. The first-order valence-corrected chi connectivity index (χ1v) is 12.7. The fraction of sp³-hybridized carbons (Fsp3) is 0.269. The highest BCUT2D eigenvalue weighted by Crippen LogP contribution is 2.11. The summed E-state index contributed by atoms with van der Waals surface area (Å²) in [7, 11) is 0. The molecule has 0 fully saturated rings. The number of hydrogen-bond donors (Lipinski definition) is 0. The summed E-state index contributed by atoms with van der Waals surface area (Å²) in [5, 5.41) is 0. The minimum absolute atomic E-state index is 0.0833. The van der Waals surface area contributed by atoms with Crippen molar-refractivity contribution in [3.05, 3.63) is 107 Å². The van der Waals surface area contributed by atoms with Gasteiger partial charge in [0.2, 0.25) is 0 Å². The van der Waals surface area contributed by atoms with Crippen LogP contribution in [0.2, 0.25) is 0 Å². The number of ketones is 1. The number of aryl methyl sites for hydroxylation is 3. The molecule has 0 radical (unpaired) electrons. The van der Waals surface area contributed by atoms with Gasteiger partial charge < -0.3 is 0 Å². The average Bonchev–Trinajstić information content (AvgIpc) is 2.71. The van der Waals surface area contributed by atoms with E-state index in [2.05, 4.69) is 19.1 Å². The normalized spacial score (nSPS) is 8.93. The molecule has 3 rings (SSSR count). The lowest BCUT2D eigenvalue weighted by atomic mass is 10.0. The zero-order chi connectivity index (χ0) is 22.1. The maximum Gasteiger partial charge on any atom is 0.193 e. The maximum absolute atomic E-state index is 12.1. The van der Waals surface area contributed by atoms with E-state index in [4.69, 9.17) is 0 Å². The summed E-state index contributed by atoms with van der Waals surface area (Å²) in [6.07, 6.45) is 8.17. The molecule has 29 heavy (non-hydrogen) atoms. The van der Waals surface area contributed by atoms with Gasteiger partial charge >= 0.3 is 0 Å². The third kappa shape index (κ3) is 13.0. The molecule has 0 saturated carbocycles. The van der Waals surface area contributed by atoms with Crippen LogP contribution in [0, 0.1) is 20.8 Å². The summed E-state index contributed by atoms with van der Waals surface area (Å²) in [5.74, 6) is 0.0833. The molecule has 0 aliphatic rings. The van der Waals surface area contributed by atoms with Crippen LogP contribution in [0.25, 0.3) is 0 Å². The van der Waals surface area contributed by atoms with Crippen LogP contribution >= 0.6 is 23.5 Å². The molecule has 0 aliphatic heterocycles. The Kier molecular flexibility index (Phi) is 15.8. The van der Waals surface area contributed by atoms with Crippen LogP contribution in [-0.2, 0) is 0 Å². The Bertz CT molecular complexity index is 730. The fourth-order valence-corrected chi connectivity index (χ4v) is 2.11. The first kappa shape index (κ1) is 27.0. The number of benzene rings is 3. The van der Waals surface area contributed by atoms with Crippen molar-refractivity contribution in [2.24, 2.45) is 0 Å². The average molecular weight is 427 g/mol. The number of carbonyl (C=O) groups excluding carboxylic acids is 1. The third-order valence-electron chi connectivity index (χ3n) is 3.57. The topological polar surface area (TPSA) is 17.1 Å². The smallest absolute Gasteiger partial charge is 0.193 e. The minimum Gasteiger partial charge on any atom is -0.289 e. The maximum atomic E-state index is 12.1. The zero-order valence-electron chi connectivity index (χ0n) is 18.7. The quantitative estimate of drug-likeness (QED) is 0.395.